The van der Waals surface area contributed by atoms with Crippen molar-refractivity contribution in [3.8, 4) is 0 Å². The van der Waals surface area contributed by atoms with Gasteiger partial charge in [-0.3, -0.25) is 9.59 Å². The van der Waals surface area contributed by atoms with Crippen LogP contribution < -0.4 is 5.32 Å². The Morgan fingerprint density at radius 2 is 0.780 bits per heavy atom. The van der Waals surface area contributed by atoms with Crippen molar-refractivity contribution in [1.29, 1.82) is 0 Å². The highest BCUT2D eigenvalue weighted by atomic mass is 16.5. The van der Waals surface area contributed by atoms with E-state index < -0.39 is 12.1 Å². The molecule has 0 spiro atoms. The minimum atomic E-state index is -0.842. The summed E-state index contributed by atoms with van der Waals surface area (Å²) in [5.74, 6) is -0.0606. The normalized spacial score (nSPS) is 12.7. The molecule has 0 aliphatic carbocycles. The van der Waals surface area contributed by atoms with Gasteiger partial charge in [0.25, 0.3) is 0 Å². The molecule has 0 rings (SSSR count). The van der Waals surface area contributed by atoms with Crippen LogP contribution in [0.5, 0.6) is 0 Å². The maximum absolute atomic E-state index is 12.4. The fourth-order valence-electron chi connectivity index (χ4n) is 8.22. The lowest BCUT2D eigenvalue weighted by Gasteiger charge is -2.20. The van der Waals surface area contributed by atoms with Gasteiger partial charge < -0.3 is 20.3 Å². The van der Waals surface area contributed by atoms with Gasteiger partial charge in [0.15, 0.2) is 0 Å². The SMILES string of the molecule is CCCCCCCCCC/C=C/C(O)C(CO)NC(=O)CCCCCCCCCCCCCCCCCCCCCCOC(=O)CCCCCCCCCCCCCC. The molecule has 6 heteroatoms. The molecule has 0 aliphatic heterocycles. The highest BCUT2D eigenvalue weighted by molar-refractivity contribution is 5.76. The Morgan fingerprint density at radius 1 is 0.458 bits per heavy atom. The number of allylic oxidation sites excluding steroid dienone is 1. The van der Waals surface area contributed by atoms with Gasteiger partial charge in [0.1, 0.15) is 0 Å². The van der Waals surface area contributed by atoms with Crippen molar-refractivity contribution in [3.63, 3.8) is 0 Å². The summed E-state index contributed by atoms with van der Waals surface area (Å²) in [6, 6.07) is -0.626. The molecule has 59 heavy (non-hydrogen) atoms. The first kappa shape index (κ1) is 57.6. The molecule has 0 fully saturated rings. The highest BCUT2D eigenvalue weighted by Gasteiger charge is 2.18. The molecule has 0 saturated heterocycles. The summed E-state index contributed by atoms with van der Waals surface area (Å²) in [6.07, 6.45) is 56.5. The van der Waals surface area contributed by atoms with Gasteiger partial charge in [0, 0.05) is 12.8 Å². The van der Waals surface area contributed by atoms with E-state index in [0.717, 1.165) is 38.5 Å². The van der Waals surface area contributed by atoms with Gasteiger partial charge in [-0.2, -0.15) is 0 Å². The Balaban J connectivity index is 3.38. The van der Waals surface area contributed by atoms with Crippen molar-refractivity contribution in [2.24, 2.45) is 0 Å². The topological polar surface area (TPSA) is 95.9 Å². The van der Waals surface area contributed by atoms with Crippen LogP contribution in [0.4, 0.5) is 0 Å². The second kappa shape index (κ2) is 49.3. The van der Waals surface area contributed by atoms with Gasteiger partial charge in [-0.15, -0.1) is 0 Å². The summed E-state index contributed by atoms with van der Waals surface area (Å²) in [4.78, 5) is 24.4. The van der Waals surface area contributed by atoms with Crippen molar-refractivity contribution in [2.45, 2.75) is 302 Å². The third kappa shape index (κ3) is 45.9. The van der Waals surface area contributed by atoms with E-state index in [1.54, 1.807) is 6.08 Å². The third-order valence-electron chi connectivity index (χ3n) is 12.3. The van der Waals surface area contributed by atoms with E-state index in [0.29, 0.717) is 19.4 Å². The predicted octanol–water partition coefficient (Wildman–Crippen LogP) is 15.7. The zero-order valence-electron chi connectivity index (χ0n) is 39.7. The van der Waals surface area contributed by atoms with Crippen LogP contribution in [-0.2, 0) is 14.3 Å². The fourth-order valence-corrected chi connectivity index (χ4v) is 8.22. The number of unbranched alkanes of at least 4 members (excludes halogenated alkanes) is 38. The maximum Gasteiger partial charge on any atom is 0.305 e. The molecule has 6 nitrogen and oxygen atoms in total. The Hall–Kier alpha value is -1.40. The number of rotatable bonds is 49. The van der Waals surface area contributed by atoms with Crippen molar-refractivity contribution >= 4 is 11.9 Å². The minimum Gasteiger partial charge on any atom is -0.466 e. The average molecular weight is 834 g/mol. The van der Waals surface area contributed by atoms with Gasteiger partial charge in [0.05, 0.1) is 25.4 Å². The number of hydrogen-bond acceptors (Lipinski definition) is 5. The van der Waals surface area contributed by atoms with E-state index in [4.69, 9.17) is 4.74 Å². The largest absolute Gasteiger partial charge is 0.466 e. The zero-order chi connectivity index (χ0) is 43.0. The summed E-state index contributed by atoms with van der Waals surface area (Å²) in [5, 5.41) is 22.9. The van der Waals surface area contributed by atoms with Crippen molar-refractivity contribution in [1.82, 2.24) is 5.32 Å². The summed E-state index contributed by atoms with van der Waals surface area (Å²) >= 11 is 0. The molecule has 0 aromatic rings. The molecule has 0 aliphatic rings. The number of aliphatic hydroxyl groups excluding tert-OH is 2. The summed E-state index contributed by atoms with van der Waals surface area (Å²) in [5.41, 5.74) is 0. The Bertz CT molecular complexity index is 878. The summed E-state index contributed by atoms with van der Waals surface area (Å²) in [7, 11) is 0. The standard InChI is InChI=1S/C53H103NO5/c1-3-5-7-9-11-13-15-27-31-35-39-43-47-53(58)59-48-44-40-36-32-28-25-23-21-19-17-16-18-20-22-24-26-30-34-38-42-46-52(57)54-50(49-55)51(56)45-41-37-33-29-14-12-10-8-6-4-2/h41,45,50-51,55-56H,3-40,42-44,46-49H2,1-2H3,(H,54,57)/b45-41+. The Labute approximate surface area is 368 Å². The predicted molar refractivity (Wildman–Crippen MR) is 255 cm³/mol. The number of ether oxygens (including phenoxy) is 1. The number of esters is 1. The third-order valence-corrected chi connectivity index (χ3v) is 12.3. The smallest absolute Gasteiger partial charge is 0.305 e. The second-order valence-corrected chi connectivity index (χ2v) is 18.2. The lowest BCUT2D eigenvalue weighted by Crippen LogP contribution is -2.45. The van der Waals surface area contributed by atoms with Crippen LogP contribution in [0.1, 0.15) is 290 Å². The minimum absolute atomic E-state index is 0.0105. The van der Waals surface area contributed by atoms with Gasteiger partial charge in [-0.05, 0) is 32.1 Å². The second-order valence-electron chi connectivity index (χ2n) is 18.2. The molecule has 2 atom stereocenters. The van der Waals surface area contributed by atoms with Crippen LogP contribution in [0.2, 0.25) is 0 Å². The molecule has 1 amide bonds. The first-order valence-corrected chi connectivity index (χ1v) is 26.5. The van der Waals surface area contributed by atoms with E-state index in [2.05, 4.69) is 19.2 Å². The number of nitrogens with one attached hydrogen (secondary N) is 1. The van der Waals surface area contributed by atoms with Gasteiger partial charge in [0.2, 0.25) is 5.91 Å². The average Bonchev–Trinajstić information content (AvgIpc) is 3.24. The quantitative estimate of drug-likeness (QED) is 0.0322. The molecule has 0 bridgehead atoms. The number of hydrogen-bond donors (Lipinski definition) is 3. The van der Waals surface area contributed by atoms with Crippen LogP contribution >= 0.6 is 0 Å². The molecule has 0 heterocycles. The van der Waals surface area contributed by atoms with E-state index in [-0.39, 0.29) is 18.5 Å². The van der Waals surface area contributed by atoms with E-state index in [9.17, 15) is 19.8 Å². The number of amides is 1. The van der Waals surface area contributed by atoms with E-state index in [1.807, 2.05) is 6.08 Å². The van der Waals surface area contributed by atoms with Crippen molar-refractivity contribution in [3.05, 3.63) is 12.2 Å². The molecule has 0 radical (unpaired) electrons. The molecule has 0 aromatic heterocycles. The number of carbonyl (C=O) groups is 2. The monoisotopic (exact) mass is 834 g/mol. The van der Waals surface area contributed by atoms with Gasteiger partial charge in [-0.1, -0.05) is 257 Å². The van der Waals surface area contributed by atoms with E-state index >= 15 is 0 Å². The molecule has 0 aromatic carbocycles. The molecule has 3 N–H and O–H groups in total. The molecular formula is C53H103NO5. The Kier molecular flexibility index (Phi) is 48.1. The van der Waals surface area contributed by atoms with E-state index in [1.165, 1.54) is 225 Å². The fraction of sp³-hybridized carbons (Fsp3) is 0.925. The van der Waals surface area contributed by atoms with Crippen molar-refractivity contribution in [2.75, 3.05) is 13.2 Å². The maximum atomic E-state index is 12.4. The van der Waals surface area contributed by atoms with Crippen LogP contribution in [0.3, 0.4) is 0 Å². The van der Waals surface area contributed by atoms with Gasteiger partial charge in [-0.25, -0.2) is 0 Å². The van der Waals surface area contributed by atoms with Gasteiger partial charge >= 0.3 is 5.97 Å². The Morgan fingerprint density at radius 3 is 1.15 bits per heavy atom. The molecule has 0 saturated carbocycles. The highest BCUT2D eigenvalue weighted by Crippen LogP contribution is 2.17. The van der Waals surface area contributed by atoms with Crippen LogP contribution in [0.25, 0.3) is 0 Å². The zero-order valence-corrected chi connectivity index (χ0v) is 39.7. The lowest BCUT2D eigenvalue weighted by molar-refractivity contribution is -0.143. The molecule has 350 valence electrons. The first-order chi connectivity index (χ1) is 29.0. The van der Waals surface area contributed by atoms with Crippen LogP contribution in [0, 0.1) is 0 Å². The molecular weight excluding hydrogens is 731 g/mol. The van der Waals surface area contributed by atoms with Crippen LogP contribution in [-0.4, -0.2) is 47.4 Å². The number of aliphatic hydroxyl groups is 2. The lowest BCUT2D eigenvalue weighted by atomic mass is 10.0. The summed E-state index contributed by atoms with van der Waals surface area (Å²) < 4.78 is 5.46. The van der Waals surface area contributed by atoms with Crippen molar-refractivity contribution < 1.29 is 24.5 Å². The number of carbonyl (C=O) groups excluding carboxylic acids is 2. The summed E-state index contributed by atoms with van der Waals surface area (Å²) in [6.45, 7) is 4.88. The molecule has 2 unspecified atom stereocenters. The van der Waals surface area contributed by atoms with Crippen LogP contribution in [0.15, 0.2) is 12.2 Å². The first-order valence-electron chi connectivity index (χ1n) is 26.5.